The smallest absolute Gasteiger partial charge is 0.195 e. The summed E-state index contributed by atoms with van der Waals surface area (Å²) >= 11 is 4.20. The van der Waals surface area contributed by atoms with Crippen LogP contribution in [0.2, 0.25) is 0 Å². The van der Waals surface area contributed by atoms with Crippen molar-refractivity contribution < 1.29 is 9.53 Å². The number of aromatic amines is 1. The molecule has 3 heterocycles. The van der Waals surface area contributed by atoms with Crippen LogP contribution in [0.1, 0.15) is 65.0 Å². The van der Waals surface area contributed by atoms with Crippen molar-refractivity contribution >= 4 is 35.0 Å². The maximum absolute atomic E-state index is 13.9. The zero-order valence-electron chi connectivity index (χ0n) is 21.2. The van der Waals surface area contributed by atoms with Crippen LogP contribution in [-0.2, 0) is 10.2 Å². The molecule has 0 saturated carbocycles. The van der Waals surface area contributed by atoms with Gasteiger partial charge in [-0.1, -0.05) is 38.5 Å². The number of ether oxygens (including phenoxy) is 1. The van der Waals surface area contributed by atoms with Crippen LogP contribution in [0.4, 0.5) is 5.69 Å². The number of hydrogen-bond donors (Lipinski definition) is 2. The van der Waals surface area contributed by atoms with Gasteiger partial charge < -0.3 is 14.6 Å². The number of piperidine rings is 1. The van der Waals surface area contributed by atoms with E-state index in [0.717, 1.165) is 85.6 Å². The van der Waals surface area contributed by atoms with E-state index in [1.807, 2.05) is 18.2 Å². The lowest BCUT2D eigenvalue weighted by molar-refractivity contribution is 0.0115. The summed E-state index contributed by atoms with van der Waals surface area (Å²) in [4.78, 5) is 22.4. The van der Waals surface area contributed by atoms with Gasteiger partial charge in [0.25, 0.3) is 0 Å². The summed E-state index contributed by atoms with van der Waals surface area (Å²) in [6.45, 7) is 9.90. The van der Waals surface area contributed by atoms with Gasteiger partial charge in [0, 0.05) is 65.4 Å². The van der Waals surface area contributed by atoms with E-state index < -0.39 is 5.41 Å². The fraction of sp³-hybridized carbons (Fsp3) is 0.400. The molecule has 0 unspecified atom stereocenters. The fourth-order valence-corrected chi connectivity index (χ4v) is 6.49. The molecule has 3 aliphatic rings. The van der Waals surface area contributed by atoms with E-state index in [9.17, 15) is 10.1 Å². The minimum atomic E-state index is -0.418. The molecule has 0 amide bonds. The average Bonchev–Trinajstić information content (AvgIpc) is 3.32. The molecule has 0 spiro atoms. The van der Waals surface area contributed by atoms with E-state index in [1.165, 1.54) is 0 Å². The number of ketones is 1. The molecule has 2 fully saturated rings. The lowest BCUT2D eigenvalue weighted by Gasteiger charge is -2.41. The number of anilines is 1. The zero-order chi connectivity index (χ0) is 25.7. The van der Waals surface area contributed by atoms with Gasteiger partial charge >= 0.3 is 0 Å². The van der Waals surface area contributed by atoms with Gasteiger partial charge in [0.15, 0.2) is 5.78 Å². The summed E-state index contributed by atoms with van der Waals surface area (Å²) in [7, 11) is 0. The summed E-state index contributed by atoms with van der Waals surface area (Å²) < 4.78 is 5.54. The number of rotatable bonds is 2. The fourth-order valence-electron chi connectivity index (χ4n) is 6.37. The van der Waals surface area contributed by atoms with Gasteiger partial charge in [-0.05, 0) is 47.9 Å². The summed E-state index contributed by atoms with van der Waals surface area (Å²) in [5.74, 6) is 3.17. The monoisotopic (exact) mass is 510 g/mol. The predicted octanol–water partition coefficient (Wildman–Crippen LogP) is 4.45. The van der Waals surface area contributed by atoms with E-state index in [0.29, 0.717) is 22.7 Å². The Morgan fingerprint density at radius 3 is 2.57 bits per heavy atom. The lowest BCUT2D eigenvalue weighted by Crippen LogP contribution is -2.49. The van der Waals surface area contributed by atoms with Gasteiger partial charge in [0.1, 0.15) is 0 Å². The predicted molar refractivity (Wildman–Crippen MR) is 149 cm³/mol. The Kier molecular flexibility index (Phi) is 6.04. The quantitative estimate of drug-likeness (QED) is 0.394. The molecule has 6 rings (SSSR count). The van der Waals surface area contributed by atoms with Crippen LogP contribution in [0.3, 0.4) is 0 Å². The lowest BCUT2D eigenvalue weighted by atomic mass is 9.70. The van der Waals surface area contributed by atoms with Crippen molar-refractivity contribution in [1.82, 2.24) is 9.88 Å². The van der Waals surface area contributed by atoms with Crippen LogP contribution in [0.5, 0.6) is 0 Å². The van der Waals surface area contributed by atoms with Crippen molar-refractivity contribution in [2.24, 2.45) is 0 Å². The Hall–Kier alpha value is -3.23. The van der Waals surface area contributed by atoms with Crippen LogP contribution in [0.25, 0.3) is 10.9 Å². The molecule has 1 aliphatic carbocycles. The van der Waals surface area contributed by atoms with Gasteiger partial charge in [0.05, 0.1) is 36.1 Å². The average molecular weight is 511 g/mol. The third kappa shape index (κ3) is 3.94. The number of nitrogens with one attached hydrogen (secondary N) is 1. The molecule has 2 aromatic carbocycles. The second-order valence-electron chi connectivity index (χ2n) is 10.7. The van der Waals surface area contributed by atoms with Crippen molar-refractivity contribution in [3.05, 3.63) is 63.8 Å². The van der Waals surface area contributed by atoms with Crippen LogP contribution in [0.15, 0.2) is 30.3 Å². The Labute approximate surface area is 223 Å². The van der Waals surface area contributed by atoms with Gasteiger partial charge in [0.2, 0.25) is 0 Å². The molecule has 188 valence electrons. The number of aromatic nitrogens is 1. The molecule has 3 aromatic rings. The van der Waals surface area contributed by atoms with E-state index in [2.05, 4.69) is 64.6 Å². The number of nitriles is 1. The zero-order valence-corrected chi connectivity index (χ0v) is 22.1. The highest BCUT2D eigenvalue weighted by atomic mass is 32.1. The second-order valence-corrected chi connectivity index (χ2v) is 10.9. The number of carbonyl (C=O) groups excluding carboxylic acids is 1. The minimum Gasteiger partial charge on any atom is -0.379 e. The first kappa shape index (κ1) is 24.1. The normalized spacial score (nSPS) is 19.6. The maximum Gasteiger partial charge on any atom is 0.195 e. The Morgan fingerprint density at radius 1 is 1.11 bits per heavy atom. The SMILES string of the molecule is CC1(C)c2cc(N3CCC(N4CCOCC4)CC3)c(C#CS)cc2C(=O)c2c1[nH]c1cc(C#N)ccc21. The molecule has 0 radical (unpaired) electrons. The van der Waals surface area contributed by atoms with E-state index in [1.54, 1.807) is 6.07 Å². The number of nitrogens with zero attached hydrogens (tertiary/aromatic N) is 3. The maximum atomic E-state index is 13.9. The highest BCUT2D eigenvalue weighted by Gasteiger charge is 2.41. The van der Waals surface area contributed by atoms with Crippen LogP contribution in [0, 0.1) is 22.5 Å². The first-order valence-electron chi connectivity index (χ1n) is 12.9. The van der Waals surface area contributed by atoms with E-state index in [-0.39, 0.29) is 5.78 Å². The molecule has 0 atom stereocenters. The summed E-state index contributed by atoms with van der Waals surface area (Å²) in [5.41, 5.74) is 6.19. The van der Waals surface area contributed by atoms with Crippen LogP contribution >= 0.6 is 12.6 Å². The summed E-state index contributed by atoms with van der Waals surface area (Å²) in [5, 5.41) is 13.0. The van der Waals surface area contributed by atoms with Crippen LogP contribution < -0.4 is 4.90 Å². The first-order valence-corrected chi connectivity index (χ1v) is 13.4. The Morgan fingerprint density at radius 2 is 1.86 bits per heavy atom. The molecular weight excluding hydrogens is 480 g/mol. The molecular formula is C30H30N4O2S. The van der Waals surface area contributed by atoms with E-state index >= 15 is 0 Å². The number of benzene rings is 2. The molecule has 0 bridgehead atoms. The molecule has 1 aromatic heterocycles. The topological polar surface area (TPSA) is 72.4 Å². The van der Waals surface area contributed by atoms with Crippen molar-refractivity contribution in [3.63, 3.8) is 0 Å². The molecule has 2 aliphatic heterocycles. The third-order valence-corrected chi connectivity index (χ3v) is 8.50. The third-order valence-electron chi connectivity index (χ3n) is 8.39. The molecule has 37 heavy (non-hydrogen) atoms. The molecule has 6 nitrogen and oxygen atoms in total. The van der Waals surface area contributed by atoms with Crippen molar-refractivity contribution in [2.75, 3.05) is 44.3 Å². The largest absolute Gasteiger partial charge is 0.379 e. The number of H-pyrrole nitrogens is 1. The minimum absolute atomic E-state index is 0.0000672. The van der Waals surface area contributed by atoms with Gasteiger partial charge in [-0.2, -0.15) is 5.26 Å². The first-order chi connectivity index (χ1) is 17.9. The van der Waals surface area contributed by atoms with Crippen LogP contribution in [-0.4, -0.2) is 61.1 Å². The molecule has 7 heteroatoms. The number of thiol groups is 1. The highest BCUT2D eigenvalue weighted by Crippen LogP contribution is 2.46. The Bertz CT molecular complexity index is 1510. The number of carbonyl (C=O) groups is 1. The van der Waals surface area contributed by atoms with Gasteiger partial charge in [-0.3, -0.25) is 9.69 Å². The van der Waals surface area contributed by atoms with Gasteiger partial charge in [-0.15, -0.1) is 0 Å². The molecule has 2 saturated heterocycles. The van der Waals surface area contributed by atoms with Crippen molar-refractivity contribution in [3.8, 4) is 17.2 Å². The number of hydrogen-bond acceptors (Lipinski definition) is 6. The number of morpholine rings is 1. The number of fused-ring (bicyclic) bond motifs is 4. The van der Waals surface area contributed by atoms with Crippen molar-refractivity contribution in [2.45, 2.75) is 38.1 Å². The highest BCUT2D eigenvalue weighted by molar-refractivity contribution is 7.85. The Balaban J connectivity index is 1.40. The standard InChI is InChI=1S/C30H30N4O2S/c1-30(2)24-17-26(34-8-5-21(6-9-34)33-10-12-36-13-11-33)20(7-14-37)16-23(24)28(35)27-22-4-3-19(18-31)15-25(22)32-29(27)30/h3-4,15-17,21,32,37H,5-6,8-13H2,1-2H3. The summed E-state index contributed by atoms with van der Waals surface area (Å²) in [6.07, 6.45) is 2.20. The van der Waals surface area contributed by atoms with E-state index in [4.69, 9.17) is 4.74 Å². The molecule has 1 N–H and O–H groups in total. The summed E-state index contributed by atoms with van der Waals surface area (Å²) in [6, 6.07) is 12.4. The second kappa shape index (κ2) is 9.26. The van der Waals surface area contributed by atoms with Gasteiger partial charge in [-0.25, -0.2) is 0 Å². The van der Waals surface area contributed by atoms with Crippen molar-refractivity contribution in [1.29, 1.82) is 5.26 Å².